The Balaban J connectivity index is 1.77. The Kier molecular flexibility index (Phi) is 4.66. The fourth-order valence-electron chi connectivity index (χ4n) is 3.61. The van der Waals surface area contributed by atoms with Gasteiger partial charge in [0.15, 0.2) is 0 Å². The van der Waals surface area contributed by atoms with Gasteiger partial charge in [0, 0.05) is 31.5 Å². The van der Waals surface area contributed by atoms with Crippen molar-refractivity contribution in [1.29, 1.82) is 5.26 Å². The van der Waals surface area contributed by atoms with E-state index in [1.807, 2.05) is 30.1 Å². The molecule has 4 nitrogen and oxygen atoms in total. The first-order chi connectivity index (χ1) is 11.2. The Hall–Kier alpha value is -2.28. The molecule has 1 amide bonds. The van der Waals surface area contributed by atoms with Gasteiger partial charge in [0.2, 0.25) is 0 Å². The van der Waals surface area contributed by atoms with Crippen LogP contribution in [0.15, 0.2) is 36.0 Å². The van der Waals surface area contributed by atoms with Crippen molar-refractivity contribution in [2.75, 3.05) is 18.5 Å². The topological polar surface area (TPSA) is 47.3 Å². The zero-order chi connectivity index (χ0) is 16.2. The lowest BCUT2D eigenvalue weighted by Gasteiger charge is -2.31. The first kappa shape index (κ1) is 15.6. The van der Waals surface area contributed by atoms with Crippen LogP contribution in [0, 0.1) is 11.3 Å². The molecule has 1 aromatic carbocycles. The smallest absolute Gasteiger partial charge is 0.266 e. The van der Waals surface area contributed by atoms with E-state index in [0.717, 1.165) is 31.5 Å². The largest absolute Gasteiger partial charge is 0.346 e. The molecule has 0 bridgehead atoms. The van der Waals surface area contributed by atoms with E-state index in [9.17, 15) is 10.1 Å². The maximum absolute atomic E-state index is 12.7. The Bertz CT molecular complexity index is 653. The minimum atomic E-state index is -0.149. The Morgan fingerprint density at radius 3 is 2.78 bits per heavy atom. The number of likely N-dealkylation sites (N-methyl/N-ethyl adjacent to an activating group) is 1. The summed E-state index contributed by atoms with van der Waals surface area (Å²) in [5, 5.41) is 9.46. The number of benzene rings is 1. The summed E-state index contributed by atoms with van der Waals surface area (Å²) < 4.78 is 0. The van der Waals surface area contributed by atoms with Crippen LogP contribution >= 0.6 is 0 Å². The van der Waals surface area contributed by atoms with Crippen molar-refractivity contribution in [2.45, 2.75) is 44.6 Å². The molecule has 120 valence electrons. The summed E-state index contributed by atoms with van der Waals surface area (Å²) in [4.78, 5) is 16.5. The highest BCUT2D eigenvalue weighted by molar-refractivity contribution is 5.97. The monoisotopic (exact) mass is 309 g/mol. The van der Waals surface area contributed by atoms with Gasteiger partial charge in [-0.05, 0) is 30.9 Å². The van der Waals surface area contributed by atoms with Crippen LogP contribution in [0.4, 0.5) is 5.69 Å². The highest BCUT2D eigenvalue weighted by Gasteiger charge is 2.26. The molecule has 1 aliphatic heterocycles. The zero-order valence-electron chi connectivity index (χ0n) is 13.7. The van der Waals surface area contributed by atoms with Crippen molar-refractivity contribution >= 4 is 11.6 Å². The minimum absolute atomic E-state index is 0.149. The second kappa shape index (κ2) is 6.87. The van der Waals surface area contributed by atoms with E-state index in [0.29, 0.717) is 0 Å². The van der Waals surface area contributed by atoms with E-state index < -0.39 is 0 Å². The summed E-state index contributed by atoms with van der Waals surface area (Å²) in [6.07, 6.45) is 8.39. The Morgan fingerprint density at radius 2 is 2.04 bits per heavy atom. The number of amides is 1. The number of nitriles is 1. The van der Waals surface area contributed by atoms with Crippen LogP contribution in [-0.2, 0) is 11.2 Å². The van der Waals surface area contributed by atoms with E-state index >= 15 is 0 Å². The van der Waals surface area contributed by atoms with E-state index in [1.54, 1.807) is 11.1 Å². The predicted molar refractivity (Wildman–Crippen MR) is 90.8 cm³/mol. The maximum Gasteiger partial charge on any atom is 0.266 e. The van der Waals surface area contributed by atoms with Crippen molar-refractivity contribution in [2.24, 2.45) is 0 Å². The van der Waals surface area contributed by atoms with Gasteiger partial charge in [-0.15, -0.1) is 0 Å². The molecule has 1 fully saturated rings. The summed E-state index contributed by atoms with van der Waals surface area (Å²) in [5.41, 5.74) is 2.61. The molecule has 0 saturated heterocycles. The van der Waals surface area contributed by atoms with E-state index in [-0.39, 0.29) is 17.5 Å². The zero-order valence-corrected chi connectivity index (χ0v) is 13.7. The number of anilines is 1. The third-order valence-electron chi connectivity index (χ3n) is 5.00. The second-order valence-electron chi connectivity index (χ2n) is 6.43. The van der Waals surface area contributed by atoms with Gasteiger partial charge in [-0.25, -0.2) is 0 Å². The fourth-order valence-corrected chi connectivity index (χ4v) is 3.61. The van der Waals surface area contributed by atoms with Gasteiger partial charge < -0.3 is 9.80 Å². The second-order valence-corrected chi connectivity index (χ2v) is 6.43. The Labute approximate surface area is 138 Å². The first-order valence-electron chi connectivity index (χ1n) is 8.44. The van der Waals surface area contributed by atoms with Gasteiger partial charge in [-0.2, -0.15) is 5.26 Å². The average Bonchev–Trinajstić information content (AvgIpc) is 3.02. The minimum Gasteiger partial charge on any atom is -0.346 e. The summed E-state index contributed by atoms with van der Waals surface area (Å²) in [7, 11) is 1.83. The predicted octanol–water partition coefficient (Wildman–Crippen LogP) is 3.25. The SMILES string of the molecule is CN(C(=O)/C(C#N)=C\N1CCc2ccccc21)C1CCCCC1. The van der Waals surface area contributed by atoms with Crippen LogP contribution in [0.1, 0.15) is 37.7 Å². The third kappa shape index (κ3) is 3.24. The van der Waals surface area contributed by atoms with E-state index in [2.05, 4.69) is 12.1 Å². The number of fused-ring (bicyclic) bond motifs is 1. The lowest BCUT2D eigenvalue weighted by atomic mass is 9.94. The molecular formula is C19H23N3O. The molecule has 1 heterocycles. The van der Waals surface area contributed by atoms with Gasteiger partial charge in [0.1, 0.15) is 11.6 Å². The molecule has 0 radical (unpaired) electrons. The number of rotatable bonds is 3. The van der Waals surface area contributed by atoms with Gasteiger partial charge in [0.05, 0.1) is 0 Å². The summed E-state index contributed by atoms with van der Waals surface area (Å²) in [5.74, 6) is -0.149. The fraction of sp³-hybridized carbons (Fsp3) is 0.474. The van der Waals surface area contributed by atoms with Crippen molar-refractivity contribution in [3.8, 4) is 6.07 Å². The number of hydrogen-bond acceptors (Lipinski definition) is 3. The van der Waals surface area contributed by atoms with Crippen LogP contribution in [0.25, 0.3) is 0 Å². The molecule has 0 unspecified atom stereocenters. The average molecular weight is 309 g/mol. The lowest BCUT2D eigenvalue weighted by Crippen LogP contribution is -2.39. The number of nitrogens with zero attached hydrogens (tertiary/aromatic N) is 3. The van der Waals surface area contributed by atoms with Crippen molar-refractivity contribution < 1.29 is 4.79 Å². The van der Waals surface area contributed by atoms with Crippen molar-refractivity contribution in [1.82, 2.24) is 4.90 Å². The lowest BCUT2D eigenvalue weighted by molar-refractivity contribution is -0.128. The summed E-state index contributed by atoms with van der Waals surface area (Å²) >= 11 is 0. The van der Waals surface area contributed by atoms with E-state index in [4.69, 9.17) is 0 Å². The van der Waals surface area contributed by atoms with Crippen molar-refractivity contribution in [3.05, 3.63) is 41.6 Å². The summed E-state index contributed by atoms with van der Waals surface area (Å²) in [6.45, 7) is 0.824. The molecule has 2 aliphatic rings. The standard InChI is InChI=1S/C19H23N3O/c1-21(17-8-3-2-4-9-17)19(23)16(13-20)14-22-12-11-15-7-5-6-10-18(15)22/h5-7,10,14,17H,2-4,8-9,11-12H2,1H3/b16-14-. The molecule has 3 rings (SSSR count). The molecule has 0 aromatic heterocycles. The van der Waals surface area contributed by atoms with Gasteiger partial charge in [-0.3, -0.25) is 4.79 Å². The van der Waals surface area contributed by atoms with Crippen molar-refractivity contribution in [3.63, 3.8) is 0 Å². The Morgan fingerprint density at radius 1 is 1.30 bits per heavy atom. The molecule has 1 aromatic rings. The van der Waals surface area contributed by atoms with Crippen LogP contribution < -0.4 is 4.90 Å². The molecule has 4 heteroatoms. The molecular weight excluding hydrogens is 286 g/mol. The van der Waals surface area contributed by atoms with E-state index in [1.165, 1.54) is 24.8 Å². The first-order valence-corrected chi connectivity index (χ1v) is 8.44. The normalized spacial score (nSPS) is 18.4. The maximum atomic E-state index is 12.7. The van der Waals surface area contributed by atoms with Crippen LogP contribution in [0.3, 0.4) is 0 Å². The number of carbonyl (C=O) groups is 1. The number of para-hydroxylation sites is 1. The number of hydrogen-bond donors (Lipinski definition) is 0. The summed E-state index contributed by atoms with van der Waals surface area (Å²) in [6, 6.07) is 10.6. The molecule has 0 N–H and O–H groups in total. The molecule has 1 saturated carbocycles. The van der Waals surface area contributed by atoms with Crippen LogP contribution in [-0.4, -0.2) is 30.4 Å². The third-order valence-corrected chi connectivity index (χ3v) is 5.00. The number of carbonyl (C=O) groups excluding carboxylic acids is 1. The van der Waals surface area contributed by atoms with Gasteiger partial charge in [-0.1, -0.05) is 37.5 Å². The molecule has 0 spiro atoms. The van der Waals surface area contributed by atoms with Gasteiger partial charge in [0.25, 0.3) is 5.91 Å². The highest BCUT2D eigenvalue weighted by atomic mass is 16.2. The highest BCUT2D eigenvalue weighted by Crippen LogP contribution is 2.28. The van der Waals surface area contributed by atoms with Gasteiger partial charge >= 0.3 is 0 Å². The molecule has 23 heavy (non-hydrogen) atoms. The van der Waals surface area contributed by atoms with Crippen LogP contribution in [0.2, 0.25) is 0 Å². The molecule has 0 atom stereocenters. The quantitative estimate of drug-likeness (QED) is 0.636. The molecule has 1 aliphatic carbocycles. The van der Waals surface area contributed by atoms with Crippen LogP contribution in [0.5, 0.6) is 0 Å².